The first-order valence-electron chi connectivity index (χ1n) is 6.82. The summed E-state index contributed by atoms with van der Waals surface area (Å²) in [6, 6.07) is 1.76. The summed E-state index contributed by atoms with van der Waals surface area (Å²) in [6.07, 6.45) is -2.67. The van der Waals surface area contributed by atoms with Crippen molar-refractivity contribution in [2.75, 3.05) is 6.61 Å². The van der Waals surface area contributed by atoms with Crippen LogP contribution in [0.2, 0.25) is 0 Å². The van der Waals surface area contributed by atoms with Gasteiger partial charge in [-0.1, -0.05) is 6.92 Å². The normalized spacial score (nSPS) is 31.4. The van der Waals surface area contributed by atoms with Gasteiger partial charge in [0.1, 0.15) is 5.82 Å². The molecule has 110 valence electrons. The highest BCUT2D eigenvalue weighted by Gasteiger charge is 2.78. The van der Waals surface area contributed by atoms with E-state index in [1.807, 2.05) is 6.92 Å². The summed E-state index contributed by atoms with van der Waals surface area (Å²) in [4.78, 5) is 8.42. The Bertz CT molecular complexity index is 522. The third kappa shape index (κ3) is 1.96. The fourth-order valence-corrected chi connectivity index (χ4v) is 3.53. The van der Waals surface area contributed by atoms with E-state index in [1.165, 1.54) is 0 Å². The smallest absolute Gasteiger partial charge is 0.394 e. The van der Waals surface area contributed by atoms with E-state index >= 15 is 0 Å². The molecule has 0 N–H and O–H groups in total. The van der Waals surface area contributed by atoms with Gasteiger partial charge in [0.15, 0.2) is 0 Å². The lowest BCUT2D eigenvalue weighted by atomic mass is 9.35. The van der Waals surface area contributed by atoms with Crippen LogP contribution in [-0.4, -0.2) is 22.8 Å². The molecule has 1 aromatic heterocycles. The van der Waals surface area contributed by atoms with Gasteiger partial charge in [-0.15, -0.1) is 0 Å². The zero-order valence-corrected chi connectivity index (χ0v) is 11.5. The van der Waals surface area contributed by atoms with Gasteiger partial charge in [0.05, 0.1) is 12.0 Å². The molecular weight excluding hydrogens is 269 g/mol. The third-order valence-corrected chi connectivity index (χ3v) is 4.50. The highest BCUT2D eigenvalue weighted by atomic mass is 19.4. The molecule has 3 aliphatic rings. The molecule has 0 unspecified atom stereocenters. The first-order chi connectivity index (χ1) is 9.28. The Morgan fingerprint density at radius 2 is 1.90 bits per heavy atom. The molecule has 2 bridgehead atoms. The number of nitrogens with zero attached hydrogens (tertiary/aromatic N) is 2. The molecule has 0 saturated heterocycles. The number of aromatic nitrogens is 2. The second kappa shape index (κ2) is 4.09. The zero-order chi connectivity index (χ0) is 14.6. The minimum Gasteiger partial charge on any atom is -0.477 e. The number of rotatable bonds is 4. The van der Waals surface area contributed by atoms with E-state index < -0.39 is 11.6 Å². The highest BCUT2D eigenvalue weighted by Crippen LogP contribution is 2.78. The number of ether oxygens (including phenoxy) is 1. The standard InChI is InChI=1S/C14H17F3N2O/c1-3-10-4-11(19-9(2)18-10)20-8-12-5-13(6-12,7-12)14(15,16)17/h4H,3,5-8H2,1-2H3. The van der Waals surface area contributed by atoms with Gasteiger partial charge in [0.2, 0.25) is 5.88 Å². The minimum absolute atomic E-state index is 0.203. The lowest BCUT2D eigenvalue weighted by Gasteiger charge is -2.70. The average Bonchev–Trinajstić information content (AvgIpc) is 2.22. The Morgan fingerprint density at radius 1 is 1.25 bits per heavy atom. The second-order valence-corrected chi connectivity index (χ2v) is 6.20. The molecule has 0 radical (unpaired) electrons. The molecule has 0 spiro atoms. The van der Waals surface area contributed by atoms with Gasteiger partial charge < -0.3 is 4.74 Å². The molecule has 3 fully saturated rings. The SMILES string of the molecule is CCc1cc(OCC23CC(C(F)(F)F)(C2)C3)nc(C)n1. The highest BCUT2D eigenvalue weighted by molar-refractivity contribution is 5.22. The van der Waals surface area contributed by atoms with E-state index in [-0.39, 0.29) is 24.7 Å². The van der Waals surface area contributed by atoms with Gasteiger partial charge in [-0.25, -0.2) is 4.98 Å². The van der Waals surface area contributed by atoms with Gasteiger partial charge in [-0.05, 0) is 32.6 Å². The van der Waals surface area contributed by atoms with Gasteiger partial charge in [0, 0.05) is 17.2 Å². The predicted molar refractivity (Wildman–Crippen MR) is 66.4 cm³/mol. The number of hydrogen-bond acceptors (Lipinski definition) is 3. The van der Waals surface area contributed by atoms with Crippen molar-refractivity contribution in [1.82, 2.24) is 9.97 Å². The molecule has 6 heteroatoms. The van der Waals surface area contributed by atoms with Crippen LogP contribution < -0.4 is 4.74 Å². The second-order valence-electron chi connectivity index (χ2n) is 6.20. The van der Waals surface area contributed by atoms with Crippen LogP contribution in [-0.2, 0) is 6.42 Å². The molecule has 0 atom stereocenters. The number of alkyl halides is 3. The maximum Gasteiger partial charge on any atom is 0.394 e. The zero-order valence-electron chi connectivity index (χ0n) is 11.5. The van der Waals surface area contributed by atoms with Crippen molar-refractivity contribution in [3.8, 4) is 5.88 Å². The first-order valence-corrected chi connectivity index (χ1v) is 6.82. The molecule has 1 heterocycles. The largest absolute Gasteiger partial charge is 0.477 e. The van der Waals surface area contributed by atoms with E-state index in [2.05, 4.69) is 9.97 Å². The molecule has 3 saturated carbocycles. The van der Waals surface area contributed by atoms with Gasteiger partial charge in [-0.3, -0.25) is 0 Å². The lowest BCUT2D eigenvalue weighted by molar-refractivity contribution is -0.367. The maximum absolute atomic E-state index is 12.7. The van der Waals surface area contributed by atoms with Crippen molar-refractivity contribution in [2.45, 2.75) is 45.7 Å². The van der Waals surface area contributed by atoms with Crippen LogP contribution in [0.1, 0.15) is 37.7 Å². The molecular formula is C14H17F3N2O. The predicted octanol–water partition coefficient (Wildman–Crippen LogP) is 3.46. The molecule has 4 rings (SSSR count). The van der Waals surface area contributed by atoms with Crippen LogP contribution in [0.15, 0.2) is 6.07 Å². The Kier molecular flexibility index (Phi) is 2.79. The van der Waals surface area contributed by atoms with Crippen LogP contribution in [0.4, 0.5) is 13.2 Å². The minimum atomic E-state index is -4.06. The summed E-state index contributed by atoms with van der Waals surface area (Å²) < 4.78 is 43.9. The van der Waals surface area contributed by atoms with E-state index in [1.54, 1.807) is 13.0 Å². The Hall–Kier alpha value is -1.33. The van der Waals surface area contributed by atoms with Crippen molar-refractivity contribution >= 4 is 0 Å². The van der Waals surface area contributed by atoms with Crippen LogP contribution in [0.25, 0.3) is 0 Å². The van der Waals surface area contributed by atoms with Crippen molar-refractivity contribution < 1.29 is 17.9 Å². The summed E-state index contributed by atoms with van der Waals surface area (Å²) in [6.45, 7) is 4.09. The van der Waals surface area contributed by atoms with Gasteiger partial charge >= 0.3 is 6.18 Å². The summed E-state index contributed by atoms with van der Waals surface area (Å²) in [5, 5.41) is 0. The van der Waals surface area contributed by atoms with Gasteiger partial charge in [-0.2, -0.15) is 18.2 Å². The summed E-state index contributed by atoms with van der Waals surface area (Å²) in [5.74, 6) is 1.10. The summed E-state index contributed by atoms with van der Waals surface area (Å²) in [7, 11) is 0. The van der Waals surface area contributed by atoms with Crippen molar-refractivity contribution in [1.29, 1.82) is 0 Å². The molecule has 20 heavy (non-hydrogen) atoms. The number of halogens is 3. The van der Waals surface area contributed by atoms with Gasteiger partial charge in [0.25, 0.3) is 0 Å². The Labute approximate surface area is 115 Å². The number of hydrogen-bond donors (Lipinski definition) is 0. The summed E-state index contributed by atoms with van der Waals surface area (Å²) >= 11 is 0. The van der Waals surface area contributed by atoms with E-state index in [4.69, 9.17) is 4.74 Å². The summed E-state index contributed by atoms with van der Waals surface area (Å²) in [5.41, 5.74) is -0.801. The van der Waals surface area contributed by atoms with E-state index in [0.29, 0.717) is 18.3 Å². The monoisotopic (exact) mass is 286 g/mol. The third-order valence-electron chi connectivity index (χ3n) is 4.50. The molecule has 0 amide bonds. The van der Waals surface area contributed by atoms with Crippen molar-refractivity contribution in [2.24, 2.45) is 10.8 Å². The van der Waals surface area contributed by atoms with E-state index in [9.17, 15) is 13.2 Å². The van der Waals surface area contributed by atoms with Crippen LogP contribution >= 0.6 is 0 Å². The fraction of sp³-hybridized carbons (Fsp3) is 0.714. The first kappa shape index (κ1) is 13.6. The topological polar surface area (TPSA) is 35.0 Å². The molecule has 1 aromatic rings. The Balaban J connectivity index is 1.59. The van der Waals surface area contributed by atoms with E-state index in [0.717, 1.165) is 12.1 Å². The number of aryl methyl sites for hydroxylation is 2. The average molecular weight is 286 g/mol. The van der Waals surface area contributed by atoms with Crippen LogP contribution in [0.5, 0.6) is 5.88 Å². The van der Waals surface area contributed by atoms with Crippen LogP contribution in [0.3, 0.4) is 0 Å². The van der Waals surface area contributed by atoms with Crippen LogP contribution in [0, 0.1) is 17.8 Å². The van der Waals surface area contributed by atoms with Crippen molar-refractivity contribution in [3.63, 3.8) is 0 Å². The maximum atomic E-state index is 12.7. The fourth-order valence-electron chi connectivity index (χ4n) is 3.53. The molecule has 3 nitrogen and oxygen atoms in total. The molecule has 0 aliphatic heterocycles. The molecule has 0 aromatic carbocycles. The lowest BCUT2D eigenvalue weighted by Crippen LogP contribution is -2.69. The Morgan fingerprint density at radius 3 is 2.45 bits per heavy atom. The quantitative estimate of drug-likeness (QED) is 0.850. The molecule has 3 aliphatic carbocycles. The van der Waals surface area contributed by atoms with Crippen molar-refractivity contribution in [3.05, 3.63) is 17.6 Å².